The monoisotopic (exact) mass is 390 g/mol. The third-order valence-electron chi connectivity index (χ3n) is 3.11. The van der Waals surface area contributed by atoms with Crippen LogP contribution in [-0.2, 0) is 10.0 Å². The minimum absolute atomic E-state index is 0.148. The number of thiazole rings is 1. The summed E-state index contributed by atoms with van der Waals surface area (Å²) in [6, 6.07) is 15.8. The Kier molecular flexibility index (Phi) is 5.27. The minimum Gasteiger partial charge on any atom is -0.332 e. The molecule has 0 saturated carbocycles. The first kappa shape index (κ1) is 17.3. The van der Waals surface area contributed by atoms with E-state index in [0.717, 1.165) is 5.69 Å². The van der Waals surface area contributed by atoms with Crippen molar-refractivity contribution in [3.8, 4) is 0 Å². The first-order valence-corrected chi connectivity index (χ1v) is 9.95. The molecule has 25 heavy (non-hydrogen) atoms. The van der Waals surface area contributed by atoms with Gasteiger partial charge in [0.15, 0.2) is 10.2 Å². The molecule has 2 aromatic carbocycles. The molecule has 0 unspecified atom stereocenters. The first-order chi connectivity index (χ1) is 12.0. The van der Waals surface area contributed by atoms with Gasteiger partial charge in [0.25, 0.3) is 10.0 Å². The van der Waals surface area contributed by atoms with Gasteiger partial charge in [0.05, 0.1) is 4.90 Å². The Balaban J connectivity index is 1.65. The lowest BCUT2D eigenvalue weighted by atomic mass is 10.3. The maximum atomic E-state index is 12.3. The highest BCUT2D eigenvalue weighted by molar-refractivity contribution is 7.93. The Morgan fingerprint density at radius 2 is 1.60 bits per heavy atom. The quantitative estimate of drug-likeness (QED) is 0.576. The van der Waals surface area contributed by atoms with Crippen molar-refractivity contribution >= 4 is 55.2 Å². The zero-order valence-electron chi connectivity index (χ0n) is 12.8. The largest absolute Gasteiger partial charge is 0.332 e. The predicted octanol–water partition coefficient (Wildman–Crippen LogP) is 3.75. The maximum Gasteiger partial charge on any atom is 0.263 e. The van der Waals surface area contributed by atoms with Crippen LogP contribution in [-0.4, -0.2) is 18.5 Å². The van der Waals surface area contributed by atoms with Gasteiger partial charge in [-0.3, -0.25) is 4.72 Å². The minimum atomic E-state index is -3.66. The summed E-state index contributed by atoms with van der Waals surface area (Å²) < 4.78 is 27.0. The number of anilines is 3. The Bertz CT molecular complexity index is 941. The molecule has 0 fully saturated rings. The van der Waals surface area contributed by atoms with Crippen LogP contribution < -0.4 is 15.4 Å². The molecule has 1 heterocycles. The van der Waals surface area contributed by atoms with Crippen LogP contribution in [0.15, 0.2) is 71.1 Å². The van der Waals surface area contributed by atoms with Crippen LogP contribution in [0.2, 0.25) is 0 Å². The summed E-state index contributed by atoms with van der Waals surface area (Å²) in [5.41, 5.74) is 1.55. The van der Waals surface area contributed by atoms with Crippen LogP contribution in [0, 0.1) is 0 Å². The number of para-hydroxylation sites is 1. The lowest BCUT2D eigenvalue weighted by Crippen LogP contribution is -2.19. The van der Waals surface area contributed by atoms with Crippen molar-refractivity contribution < 1.29 is 8.42 Å². The lowest BCUT2D eigenvalue weighted by molar-refractivity contribution is 0.601. The predicted molar refractivity (Wildman–Crippen MR) is 106 cm³/mol. The number of rotatable bonds is 5. The van der Waals surface area contributed by atoms with Gasteiger partial charge >= 0.3 is 0 Å². The molecule has 0 saturated heterocycles. The molecule has 3 rings (SSSR count). The van der Waals surface area contributed by atoms with Gasteiger partial charge < -0.3 is 10.6 Å². The summed E-state index contributed by atoms with van der Waals surface area (Å²) in [7, 11) is -3.66. The van der Waals surface area contributed by atoms with E-state index in [1.807, 2.05) is 30.3 Å². The molecule has 0 atom stereocenters. The average Bonchev–Trinajstić information content (AvgIpc) is 3.08. The molecule has 1 aromatic heterocycles. The van der Waals surface area contributed by atoms with Crippen molar-refractivity contribution in [2.45, 2.75) is 4.90 Å². The van der Waals surface area contributed by atoms with Gasteiger partial charge in [0.2, 0.25) is 0 Å². The third-order valence-corrected chi connectivity index (χ3v) is 5.48. The van der Waals surface area contributed by atoms with Crippen molar-refractivity contribution in [3.63, 3.8) is 0 Å². The molecule has 0 aliphatic carbocycles. The summed E-state index contributed by atoms with van der Waals surface area (Å²) in [6.45, 7) is 0. The fourth-order valence-electron chi connectivity index (χ4n) is 1.98. The zero-order valence-corrected chi connectivity index (χ0v) is 15.3. The SMILES string of the molecule is O=S(=O)(Nc1nccs1)c1ccc(NC(=S)Nc2ccccc2)cc1. The summed E-state index contributed by atoms with van der Waals surface area (Å²) in [6.07, 6.45) is 1.54. The third kappa shape index (κ3) is 4.75. The Labute approximate surface area is 155 Å². The summed E-state index contributed by atoms with van der Waals surface area (Å²) >= 11 is 6.46. The first-order valence-electron chi connectivity index (χ1n) is 7.18. The highest BCUT2D eigenvalue weighted by Crippen LogP contribution is 2.19. The second-order valence-corrected chi connectivity index (χ2v) is 7.90. The molecule has 0 bridgehead atoms. The molecule has 0 aliphatic heterocycles. The van der Waals surface area contributed by atoms with Crippen molar-refractivity contribution in [3.05, 3.63) is 66.2 Å². The van der Waals surface area contributed by atoms with Crippen LogP contribution in [0.3, 0.4) is 0 Å². The lowest BCUT2D eigenvalue weighted by Gasteiger charge is -2.11. The van der Waals surface area contributed by atoms with E-state index >= 15 is 0 Å². The van der Waals surface area contributed by atoms with Crippen molar-refractivity contribution in [1.29, 1.82) is 0 Å². The number of benzene rings is 2. The molecule has 3 N–H and O–H groups in total. The van der Waals surface area contributed by atoms with E-state index in [4.69, 9.17) is 12.2 Å². The topological polar surface area (TPSA) is 83.1 Å². The van der Waals surface area contributed by atoms with Gasteiger partial charge in [-0.15, -0.1) is 11.3 Å². The summed E-state index contributed by atoms with van der Waals surface area (Å²) in [5, 5.41) is 8.51. The van der Waals surface area contributed by atoms with E-state index in [9.17, 15) is 8.42 Å². The maximum absolute atomic E-state index is 12.3. The fourth-order valence-corrected chi connectivity index (χ4v) is 4.00. The van der Waals surface area contributed by atoms with E-state index in [0.29, 0.717) is 15.9 Å². The van der Waals surface area contributed by atoms with Crippen LogP contribution >= 0.6 is 23.6 Å². The van der Waals surface area contributed by atoms with Crippen LogP contribution in [0.5, 0.6) is 0 Å². The molecule has 9 heteroatoms. The number of nitrogens with zero attached hydrogens (tertiary/aromatic N) is 1. The number of sulfonamides is 1. The smallest absolute Gasteiger partial charge is 0.263 e. The van der Waals surface area contributed by atoms with Crippen molar-refractivity contribution in [1.82, 2.24) is 4.98 Å². The second kappa shape index (κ2) is 7.60. The molecule has 128 valence electrons. The summed E-state index contributed by atoms with van der Waals surface area (Å²) in [4.78, 5) is 4.06. The van der Waals surface area contributed by atoms with Crippen molar-refractivity contribution in [2.75, 3.05) is 15.4 Å². The Hall–Kier alpha value is -2.49. The molecular weight excluding hydrogens is 376 g/mol. The van der Waals surface area contributed by atoms with E-state index in [-0.39, 0.29) is 4.90 Å². The van der Waals surface area contributed by atoms with Crippen molar-refractivity contribution in [2.24, 2.45) is 0 Å². The fraction of sp³-hybridized carbons (Fsp3) is 0. The van der Waals surface area contributed by atoms with Crippen LogP contribution in [0.1, 0.15) is 0 Å². The molecule has 0 aliphatic rings. The van der Waals surface area contributed by atoms with Gasteiger partial charge in [-0.05, 0) is 48.6 Å². The average molecular weight is 391 g/mol. The molecular formula is C16H14N4O2S3. The number of aromatic nitrogens is 1. The molecule has 0 amide bonds. The van der Waals surface area contributed by atoms with Crippen LogP contribution in [0.4, 0.5) is 16.5 Å². The van der Waals surface area contributed by atoms with Gasteiger partial charge in [-0.2, -0.15) is 0 Å². The highest BCUT2D eigenvalue weighted by atomic mass is 32.2. The van der Waals surface area contributed by atoms with Gasteiger partial charge in [-0.25, -0.2) is 13.4 Å². The standard InChI is InChI=1S/C16H14N4O2S3/c21-25(22,20-16-17-10-11-24-16)14-8-6-13(7-9-14)19-15(23)18-12-4-2-1-3-5-12/h1-11H,(H,17,20)(H2,18,19,23). The van der Waals surface area contributed by atoms with E-state index < -0.39 is 10.0 Å². The number of thiocarbonyl (C=S) groups is 1. The zero-order chi connectivity index (χ0) is 17.7. The second-order valence-electron chi connectivity index (χ2n) is 4.91. The number of nitrogens with one attached hydrogen (secondary N) is 3. The molecule has 6 nitrogen and oxygen atoms in total. The number of hydrogen-bond donors (Lipinski definition) is 3. The van der Waals surface area contributed by atoms with Crippen LogP contribution in [0.25, 0.3) is 0 Å². The van der Waals surface area contributed by atoms with Gasteiger partial charge in [0, 0.05) is 23.0 Å². The Morgan fingerprint density at radius 3 is 2.20 bits per heavy atom. The van der Waals surface area contributed by atoms with E-state index in [1.165, 1.54) is 29.7 Å². The van der Waals surface area contributed by atoms with Gasteiger partial charge in [0.1, 0.15) is 0 Å². The molecule has 0 radical (unpaired) electrons. The molecule has 0 spiro atoms. The molecule has 3 aromatic rings. The number of hydrogen-bond acceptors (Lipinski definition) is 5. The van der Waals surface area contributed by atoms with E-state index in [2.05, 4.69) is 20.3 Å². The van der Waals surface area contributed by atoms with E-state index in [1.54, 1.807) is 17.5 Å². The highest BCUT2D eigenvalue weighted by Gasteiger charge is 2.15. The summed E-state index contributed by atoms with van der Waals surface area (Å²) in [5.74, 6) is 0. The van der Waals surface area contributed by atoms with Gasteiger partial charge in [-0.1, -0.05) is 18.2 Å². The normalized spacial score (nSPS) is 10.9. The Morgan fingerprint density at radius 1 is 0.960 bits per heavy atom.